The molecule has 0 bridgehead atoms. The van der Waals surface area contributed by atoms with Gasteiger partial charge >= 0.3 is 0 Å². The van der Waals surface area contributed by atoms with Crippen LogP contribution in [0.1, 0.15) is 18.5 Å². The second-order valence-electron chi connectivity index (χ2n) is 3.33. The largest absolute Gasteiger partial charge is 0.358 e. The number of nitrogens with one attached hydrogen (secondary N) is 2. The molecule has 0 spiro atoms. The van der Waals surface area contributed by atoms with Crippen LogP contribution in [0.3, 0.4) is 0 Å². The Bertz CT molecular complexity index is 341. The van der Waals surface area contributed by atoms with Gasteiger partial charge < -0.3 is 10.6 Å². The monoisotopic (exact) mass is 270 g/mol. The van der Waals surface area contributed by atoms with Crippen LogP contribution >= 0.6 is 15.9 Å². The van der Waals surface area contributed by atoms with Crippen molar-refractivity contribution in [1.29, 1.82) is 0 Å². The lowest BCUT2D eigenvalue weighted by molar-refractivity contribution is -0.119. The van der Waals surface area contributed by atoms with E-state index in [-0.39, 0.29) is 11.9 Å². The van der Waals surface area contributed by atoms with Crippen molar-refractivity contribution in [2.75, 3.05) is 13.6 Å². The molecule has 1 amide bonds. The van der Waals surface area contributed by atoms with Crippen LogP contribution in [-0.2, 0) is 4.79 Å². The summed E-state index contributed by atoms with van der Waals surface area (Å²) in [5, 5.41) is 5.72. The van der Waals surface area contributed by atoms with Gasteiger partial charge in [0.2, 0.25) is 5.91 Å². The van der Waals surface area contributed by atoms with Crippen molar-refractivity contribution in [3.8, 4) is 0 Å². The Morgan fingerprint density at radius 2 is 2.27 bits per heavy atom. The standard InChI is InChI=1S/C11H15BrN2O/c1-8(14-7-11(15)13-2)9-4-3-5-10(12)6-9/h3-6,8,14H,7H2,1-2H3,(H,13,15)/t8-/m0/s1. The van der Waals surface area contributed by atoms with Gasteiger partial charge in [0.05, 0.1) is 6.54 Å². The molecular weight excluding hydrogens is 256 g/mol. The fraction of sp³-hybridized carbons (Fsp3) is 0.364. The first-order valence-corrected chi connectivity index (χ1v) is 5.62. The molecule has 1 aromatic carbocycles. The van der Waals surface area contributed by atoms with E-state index in [0.29, 0.717) is 6.54 Å². The van der Waals surface area contributed by atoms with Crippen molar-refractivity contribution < 1.29 is 4.79 Å². The third-order valence-electron chi connectivity index (χ3n) is 2.20. The quantitative estimate of drug-likeness (QED) is 0.877. The van der Waals surface area contributed by atoms with E-state index in [1.54, 1.807) is 7.05 Å². The predicted octanol–water partition coefficient (Wildman–Crippen LogP) is 1.85. The van der Waals surface area contributed by atoms with Gasteiger partial charge in [-0.3, -0.25) is 4.79 Å². The summed E-state index contributed by atoms with van der Waals surface area (Å²) < 4.78 is 1.05. The highest BCUT2D eigenvalue weighted by Gasteiger charge is 2.06. The van der Waals surface area contributed by atoms with E-state index in [1.807, 2.05) is 31.2 Å². The van der Waals surface area contributed by atoms with Crippen molar-refractivity contribution >= 4 is 21.8 Å². The smallest absolute Gasteiger partial charge is 0.233 e. The molecule has 0 saturated heterocycles. The normalized spacial score (nSPS) is 12.2. The Morgan fingerprint density at radius 1 is 1.53 bits per heavy atom. The van der Waals surface area contributed by atoms with Crippen LogP contribution < -0.4 is 10.6 Å². The molecule has 82 valence electrons. The SMILES string of the molecule is CNC(=O)CN[C@@H](C)c1cccc(Br)c1. The summed E-state index contributed by atoms with van der Waals surface area (Å²) in [6.45, 7) is 2.37. The first kappa shape index (κ1) is 12.2. The van der Waals surface area contributed by atoms with Gasteiger partial charge in [-0.15, -0.1) is 0 Å². The third kappa shape index (κ3) is 4.01. The first-order chi connectivity index (χ1) is 7.13. The summed E-state index contributed by atoms with van der Waals surface area (Å²) in [6, 6.07) is 8.21. The van der Waals surface area contributed by atoms with Crippen molar-refractivity contribution in [3.05, 3.63) is 34.3 Å². The Hall–Kier alpha value is -0.870. The van der Waals surface area contributed by atoms with Crippen LogP contribution in [0.5, 0.6) is 0 Å². The summed E-state index contributed by atoms with van der Waals surface area (Å²) in [5.41, 5.74) is 1.16. The summed E-state index contributed by atoms with van der Waals surface area (Å²) in [6.07, 6.45) is 0. The van der Waals surface area contributed by atoms with Gasteiger partial charge in [0.25, 0.3) is 0 Å². The van der Waals surface area contributed by atoms with Crippen LogP contribution in [0.4, 0.5) is 0 Å². The Labute approximate surface area is 98.4 Å². The molecule has 2 N–H and O–H groups in total. The highest BCUT2D eigenvalue weighted by Crippen LogP contribution is 2.17. The van der Waals surface area contributed by atoms with Gasteiger partial charge in [0.1, 0.15) is 0 Å². The average Bonchev–Trinajstić information content (AvgIpc) is 2.25. The van der Waals surface area contributed by atoms with Gasteiger partial charge in [-0.2, -0.15) is 0 Å². The van der Waals surface area contributed by atoms with E-state index >= 15 is 0 Å². The minimum Gasteiger partial charge on any atom is -0.358 e. The average molecular weight is 271 g/mol. The molecule has 15 heavy (non-hydrogen) atoms. The third-order valence-corrected chi connectivity index (χ3v) is 2.69. The maximum Gasteiger partial charge on any atom is 0.233 e. The second kappa shape index (κ2) is 5.88. The fourth-order valence-corrected chi connectivity index (χ4v) is 1.64. The highest BCUT2D eigenvalue weighted by atomic mass is 79.9. The van der Waals surface area contributed by atoms with E-state index in [4.69, 9.17) is 0 Å². The number of halogens is 1. The molecule has 0 aliphatic heterocycles. The molecule has 4 heteroatoms. The van der Waals surface area contributed by atoms with Crippen molar-refractivity contribution in [3.63, 3.8) is 0 Å². The zero-order chi connectivity index (χ0) is 11.3. The van der Waals surface area contributed by atoms with Crippen LogP contribution in [0.2, 0.25) is 0 Å². The maximum atomic E-state index is 11.0. The Balaban J connectivity index is 2.53. The summed E-state index contributed by atoms with van der Waals surface area (Å²) in [4.78, 5) is 11.0. The van der Waals surface area contributed by atoms with E-state index in [0.717, 1.165) is 10.0 Å². The van der Waals surface area contributed by atoms with Crippen molar-refractivity contribution in [1.82, 2.24) is 10.6 Å². The minimum absolute atomic E-state index is 0.00292. The van der Waals surface area contributed by atoms with Gasteiger partial charge in [0, 0.05) is 17.6 Å². The summed E-state index contributed by atoms with van der Waals surface area (Å²) in [7, 11) is 1.63. The topological polar surface area (TPSA) is 41.1 Å². The Kier molecular flexibility index (Phi) is 4.78. The van der Waals surface area contributed by atoms with E-state index in [1.165, 1.54) is 0 Å². The summed E-state index contributed by atoms with van der Waals surface area (Å²) >= 11 is 3.42. The van der Waals surface area contributed by atoms with Gasteiger partial charge in [-0.05, 0) is 24.6 Å². The zero-order valence-corrected chi connectivity index (χ0v) is 10.5. The number of hydrogen-bond donors (Lipinski definition) is 2. The van der Waals surface area contributed by atoms with E-state index < -0.39 is 0 Å². The summed E-state index contributed by atoms with van der Waals surface area (Å²) in [5.74, 6) is -0.00292. The second-order valence-corrected chi connectivity index (χ2v) is 4.25. The minimum atomic E-state index is -0.00292. The molecule has 0 radical (unpaired) electrons. The number of amides is 1. The lowest BCUT2D eigenvalue weighted by atomic mass is 10.1. The van der Waals surface area contributed by atoms with Crippen LogP contribution in [0.15, 0.2) is 28.7 Å². The molecule has 3 nitrogen and oxygen atoms in total. The molecular formula is C11H15BrN2O. The molecule has 0 heterocycles. The van der Waals surface area contributed by atoms with Crippen molar-refractivity contribution in [2.24, 2.45) is 0 Å². The van der Waals surface area contributed by atoms with Gasteiger partial charge in [-0.25, -0.2) is 0 Å². The molecule has 1 atom stereocenters. The molecule has 0 aliphatic carbocycles. The first-order valence-electron chi connectivity index (χ1n) is 4.83. The van der Waals surface area contributed by atoms with Crippen LogP contribution in [0, 0.1) is 0 Å². The lowest BCUT2D eigenvalue weighted by Crippen LogP contribution is -2.32. The van der Waals surface area contributed by atoms with Crippen LogP contribution in [-0.4, -0.2) is 19.5 Å². The number of rotatable bonds is 4. The number of hydrogen-bond acceptors (Lipinski definition) is 2. The Morgan fingerprint density at radius 3 is 2.87 bits per heavy atom. The van der Waals surface area contributed by atoms with Crippen molar-refractivity contribution in [2.45, 2.75) is 13.0 Å². The zero-order valence-electron chi connectivity index (χ0n) is 8.88. The predicted molar refractivity (Wildman–Crippen MR) is 64.6 cm³/mol. The molecule has 0 fully saturated rings. The molecule has 1 aromatic rings. The molecule has 1 rings (SSSR count). The number of carbonyl (C=O) groups is 1. The van der Waals surface area contributed by atoms with Gasteiger partial charge in [-0.1, -0.05) is 28.1 Å². The number of benzene rings is 1. The maximum absolute atomic E-state index is 11.0. The molecule has 0 saturated carbocycles. The van der Waals surface area contributed by atoms with Crippen LogP contribution in [0.25, 0.3) is 0 Å². The number of likely N-dealkylation sites (N-methyl/N-ethyl adjacent to an activating group) is 1. The van der Waals surface area contributed by atoms with E-state index in [2.05, 4.69) is 26.6 Å². The fourth-order valence-electron chi connectivity index (χ4n) is 1.23. The highest BCUT2D eigenvalue weighted by molar-refractivity contribution is 9.10. The van der Waals surface area contributed by atoms with Gasteiger partial charge in [0.15, 0.2) is 0 Å². The molecule has 0 aliphatic rings. The molecule has 0 aromatic heterocycles. The lowest BCUT2D eigenvalue weighted by Gasteiger charge is -2.13. The molecule has 0 unspecified atom stereocenters. The number of carbonyl (C=O) groups excluding carboxylic acids is 1. The van der Waals surface area contributed by atoms with E-state index in [9.17, 15) is 4.79 Å².